The summed E-state index contributed by atoms with van der Waals surface area (Å²) in [6.45, 7) is 2.92. The highest BCUT2D eigenvalue weighted by atomic mass is 35.5. The molecule has 2 atom stereocenters. The van der Waals surface area contributed by atoms with Gasteiger partial charge in [-0.1, -0.05) is 11.6 Å². The highest BCUT2D eigenvalue weighted by Crippen LogP contribution is 2.28. The maximum Gasteiger partial charge on any atom is 0.229 e. The van der Waals surface area contributed by atoms with Crippen molar-refractivity contribution >= 4 is 23.2 Å². The summed E-state index contributed by atoms with van der Waals surface area (Å²) in [5, 5.41) is 6.64. The maximum atomic E-state index is 12.1. The van der Waals surface area contributed by atoms with E-state index in [0.29, 0.717) is 16.5 Å². The fourth-order valence-electron chi connectivity index (χ4n) is 2.20. The molecule has 0 bridgehead atoms. The molecule has 1 amide bonds. The zero-order valence-electron chi connectivity index (χ0n) is 10.5. The molecule has 2 rings (SSSR count). The van der Waals surface area contributed by atoms with Crippen LogP contribution >= 0.6 is 11.6 Å². The number of carbonyl (C=O) groups excluding carboxylic acids is 1. The van der Waals surface area contributed by atoms with Crippen molar-refractivity contribution in [2.24, 2.45) is 5.92 Å². The molecule has 1 heterocycles. The lowest BCUT2D eigenvalue weighted by Crippen LogP contribution is -2.32. The third kappa shape index (κ3) is 2.76. The monoisotopic (exact) mass is 268 g/mol. The van der Waals surface area contributed by atoms with E-state index in [0.717, 1.165) is 13.0 Å². The third-order valence-corrected chi connectivity index (χ3v) is 3.58. The molecule has 2 N–H and O–H groups in total. The van der Waals surface area contributed by atoms with Crippen molar-refractivity contribution in [3.05, 3.63) is 23.2 Å². The van der Waals surface area contributed by atoms with Crippen LogP contribution in [0.5, 0.6) is 5.75 Å². The van der Waals surface area contributed by atoms with Gasteiger partial charge < -0.3 is 15.4 Å². The summed E-state index contributed by atoms with van der Waals surface area (Å²) in [5.41, 5.74) is 0.699. The second kappa shape index (κ2) is 5.59. The number of hydrogen-bond acceptors (Lipinski definition) is 3. The van der Waals surface area contributed by atoms with E-state index in [2.05, 4.69) is 10.6 Å². The predicted molar refractivity (Wildman–Crippen MR) is 72.2 cm³/mol. The smallest absolute Gasteiger partial charge is 0.229 e. The average Bonchev–Trinajstić information content (AvgIpc) is 2.76. The number of methoxy groups -OCH3 is 1. The molecule has 5 heteroatoms. The molecule has 1 fully saturated rings. The molecular weight excluding hydrogens is 252 g/mol. The Labute approximate surface area is 112 Å². The highest BCUT2D eigenvalue weighted by Gasteiger charge is 2.29. The van der Waals surface area contributed by atoms with E-state index >= 15 is 0 Å². The topological polar surface area (TPSA) is 50.4 Å². The number of ether oxygens (including phenoxy) is 1. The minimum Gasteiger partial charge on any atom is -0.495 e. The first-order valence-electron chi connectivity index (χ1n) is 5.99. The van der Waals surface area contributed by atoms with Crippen molar-refractivity contribution in [1.82, 2.24) is 5.32 Å². The van der Waals surface area contributed by atoms with Crippen molar-refractivity contribution in [2.45, 2.75) is 19.4 Å². The van der Waals surface area contributed by atoms with Crippen LogP contribution in [0.2, 0.25) is 5.02 Å². The molecule has 0 saturated carbocycles. The van der Waals surface area contributed by atoms with E-state index in [9.17, 15) is 4.79 Å². The number of amides is 1. The summed E-state index contributed by atoms with van der Waals surface area (Å²) in [5.74, 6) is 0.658. The van der Waals surface area contributed by atoms with E-state index in [1.165, 1.54) is 0 Å². The van der Waals surface area contributed by atoms with E-state index in [1.54, 1.807) is 25.3 Å². The Morgan fingerprint density at radius 3 is 2.89 bits per heavy atom. The predicted octanol–water partition coefficient (Wildman–Crippen LogP) is 2.29. The van der Waals surface area contributed by atoms with Crippen LogP contribution in [0.1, 0.15) is 13.3 Å². The fourth-order valence-corrected chi connectivity index (χ4v) is 2.45. The first kappa shape index (κ1) is 13.2. The van der Waals surface area contributed by atoms with Gasteiger partial charge in [0.05, 0.1) is 18.1 Å². The molecule has 1 saturated heterocycles. The molecule has 1 aliphatic heterocycles. The zero-order valence-corrected chi connectivity index (χ0v) is 11.3. The van der Waals surface area contributed by atoms with Crippen molar-refractivity contribution in [2.75, 3.05) is 19.0 Å². The zero-order chi connectivity index (χ0) is 13.1. The number of benzene rings is 1. The van der Waals surface area contributed by atoms with Crippen LogP contribution in [0.3, 0.4) is 0 Å². The SMILES string of the molecule is COc1ccc(NC(=O)C2CCNC2C)cc1Cl. The first-order chi connectivity index (χ1) is 8.61. The largest absolute Gasteiger partial charge is 0.495 e. The van der Waals surface area contributed by atoms with Gasteiger partial charge in [0.25, 0.3) is 0 Å². The number of rotatable bonds is 3. The molecule has 2 unspecified atom stereocenters. The Morgan fingerprint density at radius 2 is 2.33 bits per heavy atom. The van der Waals surface area contributed by atoms with Gasteiger partial charge in [0.1, 0.15) is 5.75 Å². The number of halogens is 1. The second-order valence-electron chi connectivity index (χ2n) is 4.48. The van der Waals surface area contributed by atoms with Crippen molar-refractivity contribution in [3.8, 4) is 5.75 Å². The van der Waals surface area contributed by atoms with Gasteiger partial charge in [-0.05, 0) is 38.1 Å². The van der Waals surface area contributed by atoms with Crippen LogP contribution in [-0.2, 0) is 4.79 Å². The van der Waals surface area contributed by atoms with Crippen LogP contribution < -0.4 is 15.4 Å². The maximum absolute atomic E-state index is 12.1. The quantitative estimate of drug-likeness (QED) is 0.884. The van der Waals surface area contributed by atoms with Gasteiger partial charge in [-0.2, -0.15) is 0 Å². The van der Waals surface area contributed by atoms with Crippen LogP contribution in [0.15, 0.2) is 18.2 Å². The average molecular weight is 269 g/mol. The van der Waals surface area contributed by atoms with Gasteiger partial charge in [-0.3, -0.25) is 4.79 Å². The second-order valence-corrected chi connectivity index (χ2v) is 4.88. The van der Waals surface area contributed by atoms with E-state index in [4.69, 9.17) is 16.3 Å². The normalized spacial score (nSPS) is 22.8. The van der Waals surface area contributed by atoms with Gasteiger partial charge in [-0.15, -0.1) is 0 Å². The number of carbonyl (C=O) groups is 1. The molecule has 0 aromatic heterocycles. The fraction of sp³-hybridized carbons (Fsp3) is 0.462. The van der Waals surface area contributed by atoms with Crippen molar-refractivity contribution in [3.63, 3.8) is 0 Å². The first-order valence-corrected chi connectivity index (χ1v) is 6.37. The Kier molecular flexibility index (Phi) is 4.09. The number of anilines is 1. The van der Waals surface area contributed by atoms with Crippen LogP contribution in [0.4, 0.5) is 5.69 Å². The van der Waals surface area contributed by atoms with Crippen molar-refractivity contribution < 1.29 is 9.53 Å². The summed E-state index contributed by atoms with van der Waals surface area (Å²) in [7, 11) is 1.56. The Morgan fingerprint density at radius 1 is 1.56 bits per heavy atom. The lowest BCUT2D eigenvalue weighted by atomic mass is 10.0. The summed E-state index contributed by atoms with van der Waals surface area (Å²) in [6.07, 6.45) is 0.872. The van der Waals surface area contributed by atoms with Crippen LogP contribution in [0, 0.1) is 5.92 Å². The van der Waals surface area contributed by atoms with E-state index in [1.807, 2.05) is 6.92 Å². The lowest BCUT2D eigenvalue weighted by molar-refractivity contribution is -0.119. The molecule has 1 aromatic rings. The third-order valence-electron chi connectivity index (χ3n) is 3.28. The number of hydrogen-bond donors (Lipinski definition) is 2. The Bertz CT molecular complexity index is 451. The summed E-state index contributed by atoms with van der Waals surface area (Å²) in [6, 6.07) is 5.45. The standard InChI is InChI=1S/C13H17ClN2O2/c1-8-10(5-6-15-8)13(17)16-9-3-4-12(18-2)11(14)7-9/h3-4,7-8,10,15H,5-6H2,1-2H3,(H,16,17). The van der Waals surface area contributed by atoms with Crippen molar-refractivity contribution in [1.29, 1.82) is 0 Å². The van der Waals surface area contributed by atoms with Crippen LogP contribution in [-0.4, -0.2) is 25.6 Å². The lowest BCUT2D eigenvalue weighted by Gasteiger charge is -2.15. The van der Waals surface area contributed by atoms with Crippen LogP contribution in [0.25, 0.3) is 0 Å². The van der Waals surface area contributed by atoms with Gasteiger partial charge in [-0.25, -0.2) is 0 Å². The Hall–Kier alpha value is -1.26. The molecule has 98 valence electrons. The molecular formula is C13H17ClN2O2. The summed E-state index contributed by atoms with van der Waals surface area (Å²) in [4.78, 5) is 12.1. The van der Waals surface area contributed by atoms with Gasteiger partial charge in [0, 0.05) is 11.7 Å². The number of nitrogens with one attached hydrogen (secondary N) is 2. The molecule has 4 nitrogen and oxygen atoms in total. The highest BCUT2D eigenvalue weighted by molar-refractivity contribution is 6.32. The van der Waals surface area contributed by atoms with E-state index in [-0.39, 0.29) is 17.9 Å². The van der Waals surface area contributed by atoms with Gasteiger partial charge >= 0.3 is 0 Å². The minimum atomic E-state index is 0.0193. The molecule has 1 aromatic carbocycles. The minimum absolute atomic E-state index is 0.0193. The summed E-state index contributed by atoms with van der Waals surface area (Å²) < 4.78 is 5.07. The molecule has 18 heavy (non-hydrogen) atoms. The van der Waals surface area contributed by atoms with E-state index < -0.39 is 0 Å². The Balaban J connectivity index is 2.05. The van der Waals surface area contributed by atoms with Gasteiger partial charge in [0.2, 0.25) is 5.91 Å². The molecule has 1 aliphatic rings. The summed E-state index contributed by atoms with van der Waals surface area (Å²) >= 11 is 6.01. The molecule has 0 aliphatic carbocycles. The molecule has 0 radical (unpaired) electrons. The van der Waals surface area contributed by atoms with Gasteiger partial charge in [0.15, 0.2) is 0 Å². The molecule has 0 spiro atoms.